The standard InChI is InChI=1S/C26H25N3O5/c30-24(31)11-5-6-14-27-25(32)23-13-12-17(15-28-23)29-26(33)34-16-22-20-9-3-1-7-18(20)19-8-2-4-10-21(19)22/h1-4,7-10,12-13,15,22H,5-6,11,14,16H2,(H,27,32)(H,29,33)(H,30,31). The first-order valence-electron chi connectivity index (χ1n) is 11.1. The molecule has 0 fully saturated rings. The number of nitrogens with one attached hydrogen (secondary N) is 2. The fourth-order valence-corrected chi connectivity index (χ4v) is 4.05. The zero-order valence-electron chi connectivity index (χ0n) is 18.5. The molecule has 8 heteroatoms. The Morgan fingerprint density at radius 2 is 1.59 bits per heavy atom. The molecule has 1 heterocycles. The van der Waals surface area contributed by atoms with Crippen molar-refractivity contribution in [1.29, 1.82) is 0 Å². The Hall–Kier alpha value is -4.20. The highest BCUT2D eigenvalue weighted by atomic mass is 16.5. The van der Waals surface area contributed by atoms with Gasteiger partial charge >= 0.3 is 12.1 Å². The summed E-state index contributed by atoms with van der Waals surface area (Å²) in [7, 11) is 0. The molecule has 0 saturated carbocycles. The van der Waals surface area contributed by atoms with Crippen molar-refractivity contribution in [2.75, 3.05) is 18.5 Å². The summed E-state index contributed by atoms with van der Waals surface area (Å²) in [5.74, 6) is -1.24. The third-order valence-corrected chi connectivity index (χ3v) is 5.69. The average Bonchev–Trinajstić information content (AvgIpc) is 3.16. The summed E-state index contributed by atoms with van der Waals surface area (Å²) in [6, 6.07) is 19.3. The van der Waals surface area contributed by atoms with E-state index in [1.54, 1.807) is 6.07 Å². The number of benzene rings is 2. The van der Waals surface area contributed by atoms with Crippen molar-refractivity contribution in [2.24, 2.45) is 0 Å². The molecule has 0 unspecified atom stereocenters. The zero-order valence-corrected chi connectivity index (χ0v) is 18.5. The van der Waals surface area contributed by atoms with Crippen molar-refractivity contribution in [3.8, 4) is 11.1 Å². The molecule has 0 saturated heterocycles. The maximum Gasteiger partial charge on any atom is 0.411 e. The number of carboxylic acids is 1. The van der Waals surface area contributed by atoms with E-state index in [9.17, 15) is 14.4 Å². The van der Waals surface area contributed by atoms with Gasteiger partial charge in [-0.15, -0.1) is 0 Å². The predicted molar refractivity (Wildman–Crippen MR) is 127 cm³/mol. The van der Waals surface area contributed by atoms with Gasteiger partial charge in [0.25, 0.3) is 5.91 Å². The summed E-state index contributed by atoms with van der Waals surface area (Å²) in [5, 5.41) is 14.0. The average molecular weight is 460 g/mol. The van der Waals surface area contributed by atoms with Crippen LogP contribution in [0.2, 0.25) is 0 Å². The lowest BCUT2D eigenvalue weighted by molar-refractivity contribution is -0.137. The van der Waals surface area contributed by atoms with Gasteiger partial charge in [-0.25, -0.2) is 9.78 Å². The second-order valence-electron chi connectivity index (χ2n) is 7.99. The molecule has 4 rings (SSSR count). The fourth-order valence-electron chi connectivity index (χ4n) is 4.05. The number of carboxylic acid groups (broad SMARTS) is 1. The van der Waals surface area contributed by atoms with Gasteiger partial charge in [0, 0.05) is 18.9 Å². The second-order valence-corrected chi connectivity index (χ2v) is 7.99. The quantitative estimate of drug-likeness (QED) is 0.408. The summed E-state index contributed by atoms with van der Waals surface area (Å²) in [4.78, 5) is 39.1. The van der Waals surface area contributed by atoms with Gasteiger partial charge in [0.2, 0.25) is 0 Å². The minimum atomic E-state index is -0.854. The van der Waals surface area contributed by atoms with E-state index in [0.717, 1.165) is 22.3 Å². The Morgan fingerprint density at radius 1 is 0.912 bits per heavy atom. The lowest BCUT2D eigenvalue weighted by Crippen LogP contribution is -2.25. The van der Waals surface area contributed by atoms with E-state index in [0.29, 0.717) is 25.1 Å². The number of rotatable bonds is 9. The normalized spacial score (nSPS) is 11.9. The monoisotopic (exact) mass is 459 g/mol. The van der Waals surface area contributed by atoms with Crippen molar-refractivity contribution < 1.29 is 24.2 Å². The van der Waals surface area contributed by atoms with Gasteiger partial charge in [-0.1, -0.05) is 48.5 Å². The Bertz CT molecular complexity index is 1150. The fraction of sp³-hybridized carbons (Fsp3) is 0.231. The van der Waals surface area contributed by atoms with Gasteiger partial charge in [0.05, 0.1) is 11.9 Å². The summed E-state index contributed by atoms with van der Waals surface area (Å²) in [6.45, 7) is 0.573. The molecule has 0 radical (unpaired) electrons. The molecule has 1 aliphatic rings. The smallest absolute Gasteiger partial charge is 0.411 e. The molecule has 0 atom stereocenters. The Kier molecular flexibility index (Phi) is 7.17. The minimum absolute atomic E-state index is 0.0298. The minimum Gasteiger partial charge on any atom is -0.481 e. The van der Waals surface area contributed by atoms with E-state index in [-0.39, 0.29) is 30.5 Å². The topological polar surface area (TPSA) is 118 Å². The van der Waals surface area contributed by atoms with Gasteiger partial charge < -0.3 is 15.2 Å². The number of carbonyl (C=O) groups excluding carboxylic acids is 2. The van der Waals surface area contributed by atoms with E-state index in [2.05, 4.69) is 39.9 Å². The summed E-state index contributed by atoms with van der Waals surface area (Å²) in [5.41, 5.74) is 5.21. The first-order chi connectivity index (χ1) is 16.5. The molecule has 34 heavy (non-hydrogen) atoms. The highest BCUT2D eigenvalue weighted by Gasteiger charge is 2.29. The lowest BCUT2D eigenvalue weighted by Gasteiger charge is -2.14. The summed E-state index contributed by atoms with van der Waals surface area (Å²) in [6.07, 6.45) is 1.93. The highest BCUT2D eigenvalue weighted by Crippen LogP contribution is 2.44. The molecule has 3 N–H and O–H groups in total. The molecule has 1 aromatic heterocycles. The van der Waals surface area contributed by atoms with Crippen LogP contribution < -0.4 is 10.6 Å². The number of anilines is 1. The number of carbonyl (C=O) groups is 3. The first-order valence-corrected chi connectivity index (χ1v) is 11.1. The Morgan fingerprint density at radius 3 is 2.21 bits per heavy atom. The van der Waals surface area contributed by atoms with E-state index in [1.807, 2.05) is 24.3 Å². The van der Waals surface area contributed by atoms with Gasteiger partial charge in [0.15, 0.2) is 0 Å². The largest absolute Gasteiger partial charge is 0.481 e. The molecule has 174 valence electrons. The Balaban J connectivity index is 1.28. The van der Waals surface area contributed by atoms with Crippen LogP contribution in [0.25, 0.3) is 11.1 Å². The van der Waals surface area contributed by atoms with Crippen LogP contribution in [0.5, 0.6) is 0 Å². The number of amides is 2. The maximum absolute atomic E-state index is 12.4. The molecule has 0 spiro atoms. The predicted octanol–water partition coefficient (Wildman–Crippen LogP) is 4.43. The number of fused-ring (bicyclic) bond motifs is 3. The first kappa shape index (κ1) is 23.0. The van der Waals surface area contributed by atoms with Gasteiger partial charge in [0.1, 0.15) is 12.3 Å². The van der Waals surface area contributed by atoms with Gasteiger partial charge in [-0.3, -0.25) is 14.9 Å². The van der Waals surface area contributed by atoms with Crippen molar-refractivity contribution in [3.05, 3.63) is 83.7 Å². The number of hydrogen-bond donors (Lipinski definition) is 3. The molecular weight excluding hydrogens is 434 g/mol. The molecule has 2 aromatic carbocycles. The summed E-state index contributed by atoms with van der Waals surface area (Å²) < 4.78 is 5.52. The van der Waals surface area contributed by atoms with Crippen LogP contribution in [0.3, 0.4) is 0 Å². The third-order valence-electron chi connectivity index (χ3n) is 5.69. The van der Waals surface area contributed by atoms with Crippen LogP contribution in [0, 0.1) is 0 Å². The van der Waals surface area contributed by atoms with E-state index in [4.69, 9.17) is 9.84 Å². The summed E-state index contributed by atoms with van der Waals surface area (Å²) >= 11 is 0. The van der Waals surface area contributed by atoms with Crippen LogP contribution in [0.1, 0.15) is 46.8 Å². The van der Waals surface area contributed by atoms with Gasteiger partial charge in [-0.05, 0) is 47.2 Å². The number of unbranched alkanes of at least 4 members (excludes halogenated alkanes) is 1. The molecule has 8 nitrogen and oxygen atoms in total. The maximum atomic E-state index is 12.4. The lowest BCUT2D eigenvalue weighted by atomic mass is 9.98. The van der Waals surface area contributed by atoms with E-state index in [1.165, 1.54) is 12.3 Å². The van der Waals surface area contributed by atoms with Crippen molar-refractivity contribution in [2.45, 2.75) is 25.2 Å². The van der Waals surface area contributed by atoms with E-state index >= 15 is 0 Å². The number of nitrogens with zero attached hydrogens (tertiary/aromatic N) is 1. The number of pyridine rings is 1. The number of aromatic nitrogens is 1. The van der Waals surface area contributed by atoms with Crippen molar-refractivity contribution >= 4 is 23.7 Å². The van der Waals surface area contributed by atoms with Crippen LogP contribution in [0.15, 0.2) is 66.9 Å². The van der Waals surface area contributed by atoms with Crippen LogP contribution in [0.4, 0.5) is 10.5 Å². The molecule has 0 aliphatic heterocycles. The van der Waals surface area contributed by atoms with Gasteiger partial charge in [-0.2, -0.15) is 0 Å². The molecule has 1 aliphatic carbocycles. The number of hydrogen-bond acceptors (Lipinski definition) is 5. The van der Waals surface area contributed by atoms with Crippen LogP contribution >= 0.6 is 0 Å². The Labute approximate surface area is 197 Å². The number of ether oxygens (including phenoxy) is 1. The van der Waals surface area contributed by atoms with Crippen LogP contribution in [-0.2, 0) is 9.53 Å². The zero-order chi connectivity index (χ0) is 23.9. The highest BCUT2D eigenvalue weighted by molar-refractivity contribution is 5.93. The SMILES string of the molecule is O=C(O)CCCCNC(=O)c1ccc(NC(=O)OCC2c3ccccc3-c3ccccc32)cn1. The van der Waals surface area contributed by atoms with Crippen molar-refractivity contribution in [3.63, 3.8) is 0 Å². The number of aliphatic carboxylic acids is 1. The van der Waals surface area contributed by atoms with E-state index < -0.39 is 12.1 Å². The third kappa shape index (κ3) is 5.40. The van der Waals surface area contributed by atoms with Crippen molar-refractivity contribution in [1.82, 2.24) is 10.3 Å². The van der Waals surface area contributed by atoms with Crippen LogP contribution in [-0.4, -0.2) is 41.2 Å². The molecular formula is C26H25N3O5. The second kappa shape index (κ2) is 10.6. The molecule has 3 aromatic rings. The molecule has 2 amide bonds. The molecule has 0 bridgehead atoms.